The summed E-state index contributed by atoms with van der Waals surface area (Å²) < 4.78 is 8.01. The van der Waals surface area contributed by atoms with Crippen molar-refractivity contribution in [2.24, 2.45) is 0 Å². The van der Waals surface area contributed by atoms with Crippen LogP contribution in [0.4, 0.5) is 11.6 Å². The smallest absolute Gasteiger partial charge is 0.262 e. The highest BCUT2D eigenvalue weighted by Crippen LogP contribution is 2.31. The number of fused-ring (bicyclic) bond motifs is 1. The minimum absolute atomic E-state index is 0.128. The minimum Gasteiger partial charge on any atom is -0.481 e. The Labute approximate surface area is 162 Å². The van der Waals surface area contributed by atoms with E-state index in [0.29, 0.717) is 23.5 Å². The third-order valence-electron chi connectivity index (χ3n) is 3.88. The molecule has 2 amide bonds. The van der Waals surface area contributed by atoms with E-state index in [1.807, 2.05) is 24.3 Å². The molecule has 4 rings (SSSR count). The van der Waals surface area contributed by atoms with Crippen LogP contribution in [0.3, 0.4) is 0 Å². The number of nitrogens with zero attached hydrogens (tertiary/aromatic N) is 3. The lowest BCUT2D eigenvalue weighted by molar-refractivity contribution is -0.118. The van der Waals surface area contributed by atoms with Gasteiger partial charge in [-0.2, -0.15) is 0 Å². The summed E-state index contributed by atoms with van der Waals surface area (Å²) in [7, 11) is 0. The van der Waals surface area contributed by atoms with Crippen LogP contribution in [0.25, 0.3) is 0 Å². The van der Waals surface area contributed by atoms with Crippen LogP contribution in [0, 0.1) is 0 Å². The fraction of sp³-hybridized carbons (Fsp3) is 0.111. The first-order valence-electron chi connectivity index (χ1n) is 8.09. The molecule has 0 spiro atoms. The number of hydrogen-bond acceptors (Lipinski definition) is 5. The average Bonchev–Trinajstić information content (AvgIpc) is 3.07. The van der Waals surface area contributed by atoms with Gasteiger partial charge in [-0.3, -0.25) is 14.9 Å². The molecule has 0 atom stereocenters. The largest absolute Gasteiger partial charge is 0.481 e. The number of nitrogens with one attached hydrogen (secondary N) is 2. The second-order valence-corrected chi connectivity index (χ2v) is 6.78. The Morgan fingerprint density at radius 1 is 1.30 bits per heavy atom. The first kappa shape index (κ1) is 17.2. The zero-order chi connectivity index (χ0) is 18.8. The number of hydrogen-bond donors (Lipinski definition) is 2. The van der Waals surface area contributed by atoms with Crippen LogP contribution >= 0.6 is 15.9 Å². The highest BCUT2D eigenvalue weighted by Gasteiger charge is 2.23. The van der Waals surface area contributed by atoms with E-state index in [2.05, 4.69) is 36.6 Å². The average molecular weight is 428 g/mol. The van der Waals surface area contributed by atoms with E-state index in [-0.39, 0.29) is 18.5 Å². The van der Waals surface area contributed by atoms with Crippen molar-refractivity contribution in [1.82, 2.24) is 14.8 Å². The van der Waals surface area contributed by atoms with Gasteiger partial charge in [-0.05, 0) is 29.8 Å². The molecule has 8 nitrogen and oxygen atoms in total. The predicted molar refractivity (Wildman–Crippen MR) is 102 cm³/mol. The van der Waals surface area contributed by atoms with Gasteiger partial charge in [-0.25, -0.2) is 9.67 Å². The molecule has 0 saturated carbocycles. The topological polar surface area (TPSA) is 98.1 Å². The zero-order valence-electron chi connectivity index (χ0n) is 14.0. The van der Waals surface area contributed by atoms with Crippen LogP contribution in [-0.4, -0.2) is 33.2 Å². The van der Waals surface area contributed by atoms with E-state index in [1.54, 1.807) is 29.2 Å². The summed E-state index contributed by atoms with van der Waals surface area (Å²) in [5, 5.41) is 9.60. The van der Waals surface area contributed by atoms with Gasteiger partial charge in [0.05, 0.1) is 17.8 Å². The standard InChI is InChI=1S/C18H14BrN5O3/c19-12-4-1-3-11(7-12)8-24-10-20-18(23-24)22-17(26)13-5-2-6-14-16(13)27-9-15(25)21-14/h1-7,10H,8-9H2,(H,21,25)(H,22,23,26). The normalized spacial score (nSPS) is 12.7. The summed E-state index contributed by atoms with van der Waals surface area (Å²) in [6.07, 6.45) is 1.55. The molecule has 136 valence electrons. The van der Waals surface area contributed by atoms with Crippen molar-refractivity contribution in [3.8, 4) is 5.75 Å². The molecule has 1 aliphatic rings. The molecular weight excluding hydrogens is 414 g/mol. The molecule has 3 aromatic rings. The van der Waals surface area contributed by atoms with Gasteiger partial charge >= 0.3 is 0 Å². The Bertz CT molecular complexity index is 1030. The number of anilines is 2. The van der Waals surface area contributed by atoms with Crippen molar-refractivity contribution in [3.63, 3.8) is 0 Å². The molecule has 1 aliphatic heterocycles. The molecule has 1 aromatic heterocycles. The van der Waals surface area contributed by atoms with Crippen molar-refractivity contribution in [3.05, 3.63) is 64.4 Å². The molecule has 2 aromatic carbocycles. The van der Waals surface area contributed by atoms with E-state index in [1.165, 1.54) is 0 Å². The van der Waals surface area contributed by atoms with Gasteiger partial charge in [0.25, 0.3) is 11.8 Å². The van der Waals surface area contributed by atoms with Crippen LogP contribution in [0.1, 0.15) is 15.9 Å². The van der Waals surface area contributed by atoms with Gasteiger partial charge in [-0.1, -0.05) is 34.1 Å². The predicted octanol–water partition coefficient (Wildman–Crippen LogP) is 2.67. The van der Waals surface area contributed by atoms with E-state index in [4.69, 9.17) is 4.74 Å². The lowest BCUT2D eigenvalue weighted by atomic mass is 10.1. The summed E-state index contributed by atoms with van der Waals surface area (Å²) in [5.41, 5.74) is 1.82. The van der Waals surface area contributed by atoms with Crippen LogP contribution in [-0.2, 0) is 11.3 Å². The number of carbonyl (C=O) groups is 2. The summed E-state index contributed by atoms with van der Waals surface area (Å²) in [4.78, 5) is 28.1. The number of aromatic nitrogens is 3. The van der Waals surface area contributed by atoms with E-state index in [9.17, 15) is 9.59 Å². The number of benzene rings is 2. The first-order chi connectivity index (χ1) is 13.1. The first-order valence-corrected chi connectivity index (χ1v) is 8.89. The summed E-state index contributed by atoms with van der Waals surface area (Å²) in [6.45, 7) is 0.398. The maximum atomic E-state index is 12.6. The van der Waals surface area contributed by atoms with Crippen LogP contribution in [0.15, 0.2) is 53.3 Å². The van der Waals surface area contributed by atoms with Gasteiger partial charge in [0.15, 0.2) is 12.4 Å². The summed E-state index contributed by atoms with van der Waals surface area (Å²) in [5.74, 6) is -0.146. The monoisotopic (exact) mass is 427 g/mol. The maximum Gasteiger partial charge on any atom is 0.262 e. The van der Waals surface area contributed by atoms with Gasteiger partial charge in [0.2, 0.25) is 5.95 Å². The van der Waals surface area contributed by atoms with Gasteiger partial charge in [0, 0.05) is 4.47 Å². The Morgan fingerprint density at radius 2 is 2.15 bits per heavy atom. The Balaban J connectivity index is 1.49. The Hall–Kier alpha value is -3.20. The molecule has 0 unspecified atom stereocenters. The quantitative estimate of drug-likeness (QED) is 0.666. The van der Waals surface area contributed by atoms with Crippen molar-refractivity contribution in [2.75, 3.05) is 17.2 Å². The fourth-order valence-corrected chi connectivity index (χ4v) is 3.16. The highest BCUT2D eigenvalue weighted by molar-refractivity contribution is 9.10. The lowest BCUT2D eigenvalue weighted by Gasteiger charge is -2.19. The fourth-order valence-electron chi connectivity index (χ4n) is 2.71. The number of amides is 2. The van der Waals surface area contributed by atoms with Gasteiger partial charge in [0.1, 0.15) is 6.33 Å². The van der Waals surface area contributed by atoms with Crippen LogP contribution in [0.5, 0.6) is 5.75 Å². The highest BCUT2D eigenvalue weighted by atomic mass is 79.9. The second kappa shape index (κ2) is 7.20. The molecule has 2 N–H and O–H groups in total. The number of ether oxygens (including phenoxy) is 1. The molecule has 0 saturated heterocycles. The summed E-state index contributed by atoms with van der Waals surface area (Å²) >= 11 is 3.43. The molecular formula is C18H14BrN5O3. The zero-order valence-corrected chi connectivity index (χ0v) is 15.6. The molecule has 2 heterocycles. The number of halogens is 1. The molecule has 27 heavy (non-hydrogen) atoms. The number of rotatable bonds is 4. The second-order valence-electron chi connectivity index (χ2n) is 5.87. The molecule has 0 fully saturated rings. The minimum atomic E-state index is -0.414. The van der Waals surface area contributed by atoms with Gasteiger partial charge < -0.3 is 10.1 Å². The van der Waals surface area contributed by atoms with Crippen molar-refractivity contribution >= 4 is 39.4 Å². The molecule has 0 radical (unpaired) electrons. The van der Waals surface area contributed by atoms with Crippen LogP contribution in [0.2, 0.25) is 0 Å². The molecule has 0 bridgehead atoms. The number of carbonyl (C=O) groups excluding carboxylic acids is 2. The van der Waals surface area contributed by atoms with Gasteiger partial charge in [-0.15, -0.1) is 5.10 Å². The van der Waals surface area contributed by atoms with Crippen LogP contribution < -0.4 is 15.4 Å². The van der Waals surface area contributed by atoms with E-state index >= 15 is 0 Å². The van der Waals surface area contributed by atoms with Crippen molar-refractivity contribution in [1.29, 1.82) is 0 Å². The van der Waals surface area contributed by atoms with E-state index < -0.39 is 5.91 Å². The molecule has 9 heteroatoms. The summed E-state index contributed by atoms with van der Waals surface area (Å²) in [6, 6.07) is 12.8. The maximum absolute atomic E-state index is 12.6. The lowest BCUT2D eigenvalue weighted by Crippen LogP contribution is -2.27. The SMILES string of the molecule is O=C1COc2c(cccc2C(=O)Nc2ncn(Cc3cccc(Br)c3)n2)N1. The van der Waals surface area contributed by atoms with Crippen molar-refractivity contribution < 1.29 is 14.3 Å². The number of para-hydroxylation sites is 1. The third-order valence-corrected chi connectivity index (χ3v) is 4.37. The van der Waals surface area contributed by atoms with E-state index in [0.717, 1.165) is 10.0 Å². The Morgan fingerprint density at radius 3 is 3.00 bits per heavy atom. The van der Waals surface area contributed by atoms with Crippen molar-refractivity contribution in [2.45, 2.75) is 6.54 Å². The molecule has 0 aliphatic carbocycles. The Kier molecular flexibility index (Phi) is 4.59. The third kappa shape index (κ3) is 3.82.